The van der Waals surface area contributed by atoms with E-state index in [2.05, 4.69) is 19.2 Å². The standard InChI is InChI=1S/C8H16N2/c1-7(2)4-5-8(3)10-6-9/h7-8,10H,4-5H2,1-3H3. The summed E-state index contributed by atoms with van der Waals surface area (Å²) in [5, 5.41) is 10.9. The lowest BCUT2D eigenvalue weighted by Crippen LogP contribution is -2.20. The minimum absolute atomic E-state index is 0.340. The predicted octanol–water partition coefficient (Wildman–Crippen LogP) is 1.88. The average Bonchev–Trinajstić information content (AvgIpc) is 1.85. The van der Waals surface area contributed by atoms with E-state index < -0.39 is 0 Å². The van der Waals surface area contributed by atoms with Gasteiger partial charge >= 0.3 is 0 Å². The molecule has 0 aromatic rings. The van der Waals surface area contributed by atoms with E-state index in [-0.39, 0.29) is 0 Å². The smallest absolute Gasteiger partial charge is 0.176 e. The summed E-state index contributed by atoms with van der Waals surface area (Å²) >= 11 is 0. The first-order chi connectivity index (χ1) is 4.66. The van der Waals surface area contributed by atoms with Crippen molar-refractivity contribution >= 4 is 0 Å². The predicted molar refractivity (Wildman–Crippen MR) is 42.3 cm³/mol. The van der Waals surface area contributed by atoms with Crippen LogP contribution in [0.15, 0.2) is 0 Å². The summed E-state index contributed by atoms with van der Waals surface area (Å²) in [5.41, 5.74) is 0. The van der Waals surface area contributed by atoms with Crippen LogP contribution in [0.4, 0.5) is 0 Å². The minimum Gasteiger partial charge on any atom is -0.321 e. The molecule has 0 aliphatic carbocycles. The zero-order valence-corrected chi connectivity index (χ0v) is 7.02. The maximum Gasteiger partial charge on any atom is 0.176 e. The highest BCUT2D eigenvalue weighted by Crippen LogP contribution is 2.05. The molecule has 2 heteroatoms. The third kappa shape index (κ3) is 5.43. The van der Waals surface area contributed by atoms with Gasteiger partial charge in [0.2, 0.25) is 0 Å². The average molecular weight is 140 g/mol. The largest absolute Gasteiger partial charge is 0.321 e. The summed E-state index contributed by atoms with van der Waals surface area (Å²) < 4.78 is 0. The Hall–Kier alpha value is -0.710. The van der Waals surface area contributed by atoms with Crippen molar-refractivity contribution in [2.45, 2.75) is 39.7 Å². The number of hydrogen-bond donors (Lipinski definition) is 1. The lowest BCUT2D eigenvalue weighted by atomic mass is 10.0. The molecule has 0 aromatic carbocycles. The quantitative estimate of drug-likeness (QED) is 0.478. The van der Waals surface area contributed by atoms with Crippen LogP contribution in [0.5, 0.6) is 0 Å². The molecule has 0 saturated heterocycles. The Bertz CT molecular complexity index is 113. The molecule has 0 aromatic heterocycles. The maximum atomic E-state index is 8.24. The SMILES string of the molecule is CC(C)CCC(C)NC#N. The van der Waals surface area contributed by atoms with E-state index in [1.807, 2.05) is 13.1 Å². The van der Waals surface area contributed by atoms with E-state index in [1.165, 1.54) is 6.42 Å². The van der Waals surface area contributed by atoms with E-state index in [4.69, 9.17) is 5.26 Å². The fourth-order valence-corrected chi connectivity index (χ4v) is 0.766. The number of nitrogens with one attached hydrogen (secondary N) is 1. The zero-order chi connectivity index (χ0) is 7.98. The molecule has 1 atom stereocenters. The molecule has 10 heavy (non-hydrogen) atoms. The highest BCUT2D eigenvalue weighted by atomic mass is 14.9. The van der Waals surface area contributed by atoms with Crippen LogP contribution in [-0.2, 0) is 0 Å². The van der Waals surface area contributed by atoms with Crippen LogP contribution in [0.3, 0.4) is 0 Å². The van der Waals surface area contributed by atoms with Crippen LogP contribution >= 0.6 is 0 Å². The molecular weight excluding hydrogens is 124 g/mol. The van der Waals surface area contributed by atoms with Crippen molar-refractivity contribution in [1.82, 2.24) is 5.32 Å². The van der Waals surface area contributed by atoms with Crippen LogP contribution in [-0.4, -0.2) is 6.04 Å². The second kappa shape index (κ2) is 5.10. The molecule has 0 spiro atoms. The van der Waals surface area contributed by atoms with Gasteiger partial charge in [0, 0.05) is 6.04 Å². The Labute approximate surface area is 63.2 Å². The van der Waals surface area contributed by atoms with Gasteiger partial charge in [0.25, 0.3) is 0 Å². The monoisotopic (exact) mass is 140 g/mol. The van der Waals surface area contributed by atoms with Crippen molar-refractivity contribution in [3.05, 3.63) is 0 Å². The normalized spacial score (nSPS) is 12.7. The van der Waals surface area contributed by atoms with Gasteiger partial charge in [-0.05, 0) is 25.7 Å². The molecule has 0 saturated carbocycles. The summed E-state index contributed by atoms with van der Waals surface area (Å²) in [6.45, 7) is 6.42. The summed E-state index contributed by atoms with van der Waals surface area (Å²) in [5.74, 6) is 0.739. The number of nitriles is 1. The first-order valence-corrected chi connectivity index (χ1v) is 3.81. The molecule has 0 fully saturated rings. The molecule has 0 aliphatic rings. The van der Waals surface area contributed by atoms with E-state index in [0.717, 1.165) is 12.3 Å². The summed E-state index contributed by atoms with van der Waals surface area (Å²) in [7, 11) is 0. The third-order valence-corrected chi connectivity index (χ3v) is 1.49. The minimum atomic E-state index is 0.340. The molecule has 0 rings (SSSR count). The van der Waals surface area contributed by atoms with Crippen molar-refractivity contribution in [2.24, 2.45) is 5.92 Å². The van der Waals surface area contributed by atoms with E-state index >= 15 is 0 Å². The Balaban J connectivity index is 3.23. The molecular formula is C8H16N2. The van der Waals surface area contributed by atoms with Gasteiger partial charge in [-0.2, -0.15) is 5.26 Å². The molecule has 0 amide bonds. The first-order valence-electron chi connectivity index (χ1n) is 3.81. The van der Waals surface area contributed by atoms with Crippen molar-refractivity contribution in [1.29, 1.82) is 5.26 Å². The van der Waals surface area contributed by atoms with Crippen molar-refractivity contribution in [3.8, 4) is 6.19 Å². The van der Waals surface area contributed by atoms with Gasteiger partial charge < -0.3 is 5.32 Å². The van der Waals surface area contributed by atoms with Gasteiger partial charge in [-0.25, -0.2) is 0 Å². The molecule has 1 N–H and O–H groups in total. The van der Waals surface area contributed by atoms with Crippen molar-refractivity contribution in [2.75, 3.05) is 0 Å². The van der Waals surface area contributed by atoms with Crippen molar-refractivity contribution < 1.29 is 0 Å². The van der Waals surface area contributed by atoms with Gasteiger partial charge in [0.1, 0.15) is 0 Å². The highest BCUT2D eigenvalue weighted by molar-refractivity contribution is 4.72. The molecule has 0 bridgehead atoms. The summed E-state index contributed by atoms with van der Waals surface area (Å²) in [4.78, 5) is 0. The summed E-state index contributed by atoms with van der Waals surface area (Å²) in [6, 6.07) is 0.340. The Morgan fingerprint density at radius 1 is 1.30 bits per heavy atom. The van der Waals surface area contributed by atoms with Gasteiger partial charge in [0.15, 0.2) is 6.19 Å². The topological polar surface area (TPSA) is 35.8 Å². The number of rotatable bonds is 4. The van der Waals surface area contributed by atoms with Crippen LogP contribution in [0.2, 0.25) is 0 Å². The molecule has 58 valence electrons. The van der Waals surface area contributed by atoms with Gasteiger partial charge in [-0.3, -0.25) is 0 Å². The van der Waals surface area contributed by atoms with Crippen LogP contribution in [0, 0.1) is 17.4 Å². The van der Waals surface area contributed by atoms with Gasteiger partial charge in [0.05, 0.1) is 0 Å². The van der Waals surface area contributed by atoms with Crippen LogP contribution < -0.4 is 5.32 Å². The molecule has 0 radical (unpaired) electrons. The second-order valence-corrected chi connectivity index (χ2v) is 3.13. The Kier molecular flexibility index (Phi) is 4.74. The Morgan fingerprint density at radius 2 is 1.90 bits per heavy atom. The fourth-order valence-electron chi connectivity index (χ4n) is 0.766. The van der Waals surface area contributed by atoms with E-state index in [0.29, 0.717) is 6.04 Å². The third-order valence-electron chi connectivity index (χ3n) is 1.49. The molecule has 2 nitrogen and oxygen atoms in total. The van der Waals surface area contributed by atoms with E-state index in [9.17, 15) is 0 Å². The lowest BCUT2D eigenvalue weighted by molar-refractivity contribution is 0.488. The fraction of sp³-hybridized carbons (Fsp3) is 0.875. The second-order valence-electron chi connectivity index (χ2n) is 3.13. The van der Waals surface area contributed by atoms with Gasteiger partial charge in [-0.1, -0.05) is 13.8 Å². The molecule has 1 unspecified atom stereocenters. The van der Waals surface area contributed by atoms with Crippen LogP contribution in [0.1, 0.15) is 33.6 Å². The van der Waals surface area contributed by atoms with Gasteiger partial charge in [-0.15, -0.1) is 0 Å². The Morgan fingerprint density at radius 3 is 2.30 bits per heavy atom. The van der Waals surface area contributed by atoms with Crippen molar-refractivity contribution in [3.63, 3.8) is 0 Å². The summed E-state index contributed by atoms with van der Waals surface area (Å²) in [6.07, 6.45) is 4.22. The maximum absolute atomic E-state index is 8.24. The zero-order valence-electron chi connectivity index (χ0n) is 7.02. The lowest BCUT2D eigenvalue weighted by Gasteiger charge is -2.09. The first kappa shape index (κ1) is 9.29. The van der Waals surface area contributed by atoms with E-state index in [1.54, 1.807) is 0 Å². The van der Waals surface area contributed by atoms with Crippen LogP contribution in [0.25, 0.3) is 0 Å². The molecule has 0 heterocycles. The highest BCUT2D eigenvalue weighted by Gasteiger charge is 2.00. The number of nitrogens with zero attached hydrogens (tertiary/aromatic N) is 1. The molecule has 0 aliphatic heterocycles. The number of hydrogen-bond acceptors (Lipinski definition) is 2.